The second-order valence-electron chi connectivity index (χ2n) is 5.78. The van der Waals surface area contributed by atoms with Crippen molar-refractivity contribution in [3.8, 4) is 6.07 Å². The summed E-state index contributed by atoms with van der Waals surface area (Å²) >= 11 is 0. The van der Waals surface area contributed by atoms with Gasteiger partial charge in [0.1, 0.15) is 5.54 Å². The fourth-order valence-corrected chi connectivity index (χ4v) is 2.82. The minimum Gasteiger partial charge on any atom is -0.303 e. The van der Waals surface area contributed by atoms with E-state index < -0.39 is 0 Å². The van der Waals surface area contributed by atoms with E-state index in [0.29, 0.717) is 0 Å². The van der Waals surface area contributed by atoms with Gasteiger partial charge in [-0.05, 0) is 71.1 Å². The first-order chi connectivity index (χ1) is 8.65. The summed E-state index contributed by atoms with van der Waals surface area (Å²) in [5.74, 6) is 0.890. The second-order valence-corrected chi connectivity index (χ2v) is 5.78. The van der Waals surface area contributed by atoms with Crippen LogP contribution in [0.1, 0.15) is 52.4 Å². The Morgan fingerprint density at radius 2 is 2.17 bits per heavy atom. The first kappa shape index (κ1) is 15.5. The predicted octanol–water partition coefficient (Wildman–Crippen LogP) is 2.78. The summed E-state index contributed by atoms with van der Waals surface area (Å²) in [6.45, 7) is 8.09. The summed E-state index contributed by atoms with van der Waals surface area (Å²) in [6.07, 6.45) is 7.02. The highest BCUT2D eigenvalue weighted by Gasteiger charge is 2.25. The molecule has 1 N–H and O–H groups in total. The van der Waals surface area contributed by atoms with Gasteiger partial charge in [0.05, 0.1) is 6.07 Å². The number of likely N-dealkylation sites (tertiary alicyclic amines) is 1. The van der Waals surface area contributed by atoms with E-state index in [9.17, 15) is 5.26 Å². The van der Waals surface area contributed by atoms with Crippen LogP contribution in [0.15, 0.2) is 0 Å². The van der Waals surface area contributed by atoms with Gasteiger partial charge in [-0.15, -0.1) is 0 Å². The molecule has 1 aliphatic rings. The minimum atomic E-state index is -0.306. The Bertz CT molecular complexity index is 265. The number of nitriles is 1. The zero-order chi connectivity index (χ0) is 13.4. The average Bonchev–Trinajstić information content (AvgIpc) is 2.60. The van der Waals surface area contributed by atoms with Crippen LogP contribution in [0.3, 0.4) is 0 Å². The molecule has 0 spiro atoms. The molecule has 3 nitrogen and oxygen atoms in total. The van der Waals surface area contributed by atoms with Crippen LogP contribution in [0.4, 0.5) is 0 Å². The van der Waals surface area contributed by atoms with Crippen LogP contribution >= 0.6 is 0 Å². The molecule has 0 radical (unpaired) electrons. The van der Waals surface area contributed by atoms with Crippen molar-refractivity contribution in [1.29, 1.82) is 5.26 Å². The zero-order valence-corrected chi connectivity index (χ0v) is 12.3. The molecule has 0 aromatic rings. The van der Waals surface area contributed by atoms with Crippen molar-refractivity contribution in [2.24, 2.45) is 5.92 Å². The lowest BCUT2D eigenvalue weighted by atomic mass is 9.92. The van der Waals surface area contributed by atoms with E-state index in [-0.39, 0.29) is 5.54 Å². The second kappa shape index (κ2) is 7.76. The van der Waals surface area contributed by atoms with Gasteiger partial charge in [0.25, 0.3) is 0 Å². The van der Waals surface area contributed by atoms with Gasteiger partial charge in [0.2, 0.25) is 0 Å². The molecule has 0 saturated carbocycles. The fourth-order valence-electron chi connectivity index (χ4n) is 2.82. The highest BCUT2D eigenvalue weighted by molar-refractivity contribution is 5.05. The summed E-state index contributed by atoms with van der Waals surface area (Å²) < 4.78 is 0. The normalized spacial score (nSPS) is 25.1. The number of hydrogen-bond donors (Lipinski definition) is 1. The molecule has 2 unspecified atom stereocenters. The van der Waals surface area contributed by atoms with Crippen molar-refractivity contribution < 1.29 is 0 Å². The van der Waals surface area contributed by atoms with Crippen LogP contribution < -0.4 is 5.32 Å². The molecule has 0 aromatic carbocycles. The number of rotatable bonds is 6. The smallest absolute Gasteiger partial charge is 0.106 e. The topological polar surface area (TPSA) is 39.1 Å². The maximum absolute atomic E-state index is 9.27. The Kier molecular flexibility index (Phi) is 6.67. The molecule has 1 saturated heterocycles. The van der Waals surface area contributed by atoms with Crippen LogP contribution in [0.2, 0.25) is 0 Å². The SMILES string of the molecule is CCC(C#N)(CCCN1CCCC(C)CC1)NC. The van der Waals surface area contributed by atoms with Gasteiger partial charge >= 0.3 is 0 Å². The molecule has 1 heterocycles. The van der Waals surface area contributed by atoms with Crippen LogP contribution in [-0.4, -0.2) is 37.1 Å². The van der Waals surface area contributed by atoms with Gasteiger partial charge < -0.3 is 10.2 Å². The van der Waals surface area contributed by atoms with E-state index in [0.717, 1.165) is 31.7 Å². The minimum absolute atomic E-state index is 0.306. The molecule has 0 aromatic heterocycles. The molecule has 18 heavy (non-hydrogen) atoms. The summed E-state index contributed by atoms with van der Waals surface area (Å²) in [5, 5.41) is 12.5. The first-order valence-electron chi connectivity index (χ1n) is 7.48. The third-order valence-electron chi connectivity index (χ3n) is 4.48. The van der Waals surface area contributed by atoms with Crippen LogP contribution in [0.25, 0.3) is 0 Å². The van der Waals surface area contributed by atoms with Gasteiger partial charge in [0, 0.05) is 0 Å². The summed E-state index contributed by atoms with van der Waals surface area (Å²) in [5.41, 5.74) is -0.306. The van der Waals surface area contributed by atoms with Gasteiger partial charge in [-0.2, -0.15) is 5.26 Å². The lowest BCUT2D eigenvalue weighted by Gasteiger charge is -2.26. The summed E-state index contributed by atoms with van der Waals surface area (Å²) in [4.78, 5) is 2.58. The Balaban J connectivity index is 2.30. The molecule has 0 bridgehead atoms. The Hall–Kier alpha value is -0.590. The van der Waals surface area contributed by atoms with E-state index in [4.69, 9.17) is 0 Å². The summed E-state index contributed by atoms with van der Waals surface area (Å²) in [6, 6.07) is 2.44. The van der Waals surface area contributed by atoms with Crippen LogP contribution in [0, 0.1) is 17.2 Å². The maximum atomic E-state index is 9.27. The molecule has 104 valence electrons. The Labute approximate surface area is 113 Å². The van der Waals surface area contributed by atoms with Crippen molar-refractivity contribution in [3.63, 3.8) is 0 Å². The lowest BCUT2D eigenvalue weighted by molar-refractivity contribution is 0.261. The van der Waals surface area contributed by atoms with Crippen LogP contribution in [-0.2, 0) is 0 Å². The van der Waals surface area contributed by atoms with Crippen molar-refractivity contribution in [2.75, 3.05) is 26.7 Å². The number of hydrogen-bond acceptors (Lipinski definition) is 3. The largest absolute Gasteiger partial charge is 0.303 e. The molecule has 1 fully saturated rings. The third kappa shape index (κ3) is 4.59. The Morgan fingerprint density at radius 3 is 2.78 bits per heavy atom. The first-order valence-corrected chi connectivity index (χ1v) is 7.48. The quantitative estimate of drug-likeness (QED) is 0.789. The zero-order valence-electron chi connectivity index (χ0n) is 12.3. The van der Waals surface area contributed by atoms with E-state index in [1.807, 2.05) is 7.05 Å². The van der Waals surface area contributed by atoms with E-state index in [1.165, 1.54) is 32.4 Å². The van der Waals surface area contributed by atoms with Gasteiger partial charge in [0.15, 0.2) is 0 Å². The van der Waals surface area contributed by atoms with Gasteiger partial charge in [-0.25, -0.2) is 0 Å². The van der Waals surface area contributed by atoms with Gasteiger partial charge in [-0.3, -0.25) is 0 Å². The average molecular weight is 251 g/mol. The van der Waals surface area contributed by atoms with Crippen molar-refractivity contribution in [1.82, 2.24) is 10.2 Å². The maximum Gasteiger partial charge on any atom is 0.106 e. The van der Waals surface area contributed by atoms with Crippen molar-refractivity contribution in [3.05, 3.63) is 0 Å². The van der Waals surface area contributed by atoms with Crippen molar-refractivity contribution >= 4 is 0 Å². The number of nitrogens with zero attached hydrogens (tertiary/aromatic N) is 2. The van der Waals surface area contributed by atoms with E-state index >= 15 is 0 Å². The number of nitrogens with one attached hydrogen (secondary N) is 1. The van der Waals surface area contributed by atoms with E-state index in [1.54, 1.807) is 0 Å². The standard InChI is InChI=1S/C15H29N3/c1-4-15(13-16,17-3)9-6-11-18-10-5-7-14(2)8-12-18/h14,17H,4-12H2,1-3H3. The molecule has 0 amide bonds. The monoisotopic (exact) mass is 251 g/mol. The molecule has 1 rings (SSSR count). The summed E-state index contributed by atoms with van der Waals surface area (Å²) in [7, 11) is 1.90. The molecular weight excluding hydrogens is 222 g/mol. The fraction of sp³-hybridized carbons (Fsp3) is 0.933. The molecule has 0 aliphatic carbocycles. The highest BCUT2D eigenvalue weighted by atomic mass is 15.1. The third-order valence-corrected chi connectivity index (χ3v) is 4.48. The van der Waals surface area contributed by atoms with Gasteiger partial charge in [-0.1, -0.05) is 13.8 Å². The molecule has 2 atom stereocenters. The van der Waals surface area contributed by atoms with Crippen LogP contribution in [0.5, 0.6) is 0 Å². The molecule has 1 aliphatic heterocycles. The van der Waals surface area contributed by atoms with Crippen molar-refractivity contribution in [2.45, 2.75) is 57.9 Å². The molecule has 3 heteroatoms. The lowest BCUT2D eigenvalue weighted by Crippen LogP contribution is -2.41. The predicted molar refractivity (Wildman–Crippen MR) is 76.4 cm³/mol. The van der Waals surface area contributed by atoms with E-state index in [2.05, 4.69) is 30.1 Å². The Morgan fingerprint density at radius 1 is 1.39 bits per heavy atom. The molecular formula is C15H29N3. The highest BCUT2D eigenvalue weighted by Crippen LogP contribution is 2.19.